The topological polar surface area (TPSA) is 43.1 Å². The van der Waals surface area contributed by atoms with E-state index in [1.165, 1.54) is 0 Å². The number of unbranched alkanes of at least 4 members (excludes halogenated alkanes) is 1. The van der Waals surface area contributed by atoms with Crippen LogP contribution in [-0.2, 0) is 4.79 Å². The molecule has 0 bridgehead atoms. The van der Waals surface area contributed by atoms with Crippen molar-refractivity contribution in [2.24, 2.45) is 5.73 Å². The van der Waals surface area contributed by atoms with E-state index in [1.807, 2.05) is 6.08 Å². The first-order valence-corrected chi connectivity index (χ1v) is 3.64. The van der Waals surface area contributed by atoms with E-state index in [1.54, 1.807) is 0 Å². The third-order valence-corrected chi connectivity index (χ3v) is 1.29. The molecule has 0 aliphatic rings. The molecular formula is C8H15NO. The molecule has 0 rings (SSSR count). The highest BCUT2D eigenvalue weighted by Crippen LogP contribution is 1.98. The number of allylic oxidation sites excluding steroid dienone is 1. The van der Waals surface area contributed by atoms with E-state index < -0.39 is 0 Å². The summed E-state index contributed by atoms with van der Waals surface area (Å²) < 4.78 is 0. The molecule has 0 fully saturated rings. The van der Waals surface area contributed by atoms with Crippen LogP contribution in [0.25, 0.3) is 0 Å². The lowest BCUT2D eigenvalue weighted by molar-refractivity contribution is -0.118. The molecule has 0 aromatic carbocycles. The van der Waals surface area contributed by atoms with Crippen LogP contribution in [-0.4, -0.2) is 12.3 Å². The van der Waals surface area contributed by atoms with Gasteiger partial charge in [0, 0.05) is 12.8 Å². The number of carbonyl (C=O) groups is 1. The third-order valence-electron chi connectivity index (χ3n) is 1.29. The minimum absolute atomic E-state index is 0.268. The molecule has 0 unspecified atom stereocenters. The maximum atomic E-state index is 10.8. The summed E-state index contributed by atoms with van der Waals surface area (Å²) >= 11 is 0. The van der Waals surface area contributed by atoms with Crippen molar-refractivity contribution >= 4 is 5.78 Å². The highest BCUT2D eigenvalue weighted by atomic mass is 16.1. The van der Waals surface area contributed by atoms with Gasteiger partial charge in [-0.15, -0.1) is 6.58 Å². The van der Waals surface area contributed by atoms with Crippen molar-refractivity contribution in [3.05, 3.63) is 12.7 Å². The zero-order valence-corrected chi connectivity index (χ0v) is 6.31. The Balaban J connectivity index is 3.13. The average molecular weight is 141 g/mol. The molecule has 2 heteroatoms. The van der Waals surface area contributed by atoms with E-state index in [9.17, 15) is 4.79 Å². The lowest BCUT2D eigenvalue weighted by atomic mass is 10.1. The van der Waals surface area contributed by atoms with E-state index in [0.29, 0.717) is 19.4 Å². The van der Waals surface area contributed by atoms with Crippen molar-refractivity contribution in [2.45, 2.75) is 25.7 Å². The van der Waals surface area contributed by atoms with Crippen LogP contribution in [0.5, 0.6) is 0 Å². The zero-order valence-electron chi connectivity index (χ0n) is 6.31. The molecule has 0 saturated heterocycles. The fraction of sp³-hybridized carbons (Fsp3) is 0.625. The summed E-state index contributed by atoms with van der Waals surface area (Å²) in [5.74, 6) is 0.268. The summed E-state index contributed by atoms with van der Waals surface area (Å²) in [5.41, 5.74) is 5.19. The van der Waals surface area contributed by atoms with Crippen molar-refractivity contribution < 1.29 is 4.79 Å². The van der Waals surface area contributed by atoms with Gasteiger partial charge in [-0.25, -0.2) is 0 Å². The SMILES string of the molecule is C=CCCCC(=O)CCN. The standard InChI is InChI=1S/C8H15NO/c1-2-3-4-5-8(10)6-7-9/h2H,1,3-7,9H2. The fourth-order valence-corrected chi connectivity index (χ4v) is 0.730. The summed E-state index contributed by atoms with van der Waals surface area (Å²) in [6, 6.07) is 0. The molecule has 0 aromatic rings. The van der Waals surface area contributed by atoms with E-state index in [4.69, 9.17) is 5.73 Å². The van der Waals surface area contributed by atoms with Crippen LogP contribution in [0.15, 0.2) is 12.7 Å². The Labute approximate surface area is 62.1 Å². The molecule has 58 valence electrons. The van der Waals surface area contributed by atoms with Gasteiger partial charge in [0.05, 0.1) is 0 Å². The summed E-state index contributed by atoms with van der Waals surface area (Å²) in [4.78, 5) is 10.8. The molecule has 0 aromatic heterocycles. The van der Waals surface area contributed by atoms with Crippen molar-refractivity contribution in [1.29, 1.82) is 0 Å². The molecule has 0 aliphatic heterocycles. The van der Waals surface area contributed by atoms with Gasteiger partial charge in [-0.3, -0.25) is 4.79 Å². The molecule has 0 radical (unpaired) electrons. The lowest BCUT2D eigenvalue weighted by Crippen LogP contribution is -2.07. The van der Waals surface area contributed by atoms with Crippen LogP contribution >= 0.6 is 0 Å². The number of hydrogen-bond donors (Lipinski definition) is 1. The minimum atomic E-state index is 0.268. The summed E-state index contributed by atoms with van der Waals surface area (Å²) in [5, 5.41) is 0. The van der Waals surface area contributed by atoms with Gasteiger partial charge in [-0.1, -0.05) is 6.08 Å². The second-order valence-corrected chi connectivity index (χ2v) is 2.26. The Kier molecular flexibility index (Phi) is 6.08. The van der Waals surface area contributed by atoms with Crippen LogP contribution in [0, 0.1) is 0 Å². The first kappa shape index (κ1) is 9.37. The highest BCUT2D eigenvalue weighted by molar-refractivity contribution is 5.78. The van der Waals surface area contributed by atoms with Crippen LogP contribution < -0.4 is 5.73 Å². The second kappa shape index (κ2) is 6.49. The van der Waals surface area contributed by atoms with Crippen molar-refractivity contribution in [3.8, 4) is 0 Å². The van der Waals surface area contributed by atoms with Gasteiger partial charge in [0.1, 0.15) is 5.78 Å². The van der Waals surface area contributed by atoms with Crippen LogP contribution in [0.2, 0.25) is 0 Å². The van der Waals surface area contributed by atoms with Gasteiger partial charge in [0.2, 0.25) is 0 Å². The summed E-state index contributed by atoms with van der Waals surface area (Å²) in [7, 11) is 0. The minimum Gasteiger partial charge on any atom is -0.330 e. The van der Waals surface area contributed by atoms with Gasteiger partial charge < -0.3 is 5.73 Å². The number of nitrogens with two attached hydrogens (primary N) is 1. The van der Waals surface area contributed by atoms with E-state index >= 15 is 0 Å². The van der Waals surface area contributed by atoms with Crippen molar-refractivity contribution in [1.82, 2.24) is 0 Å². The Morgan fingerprint density at radius 3 is 2.70 bits per heavy atom. The van der Waals surface area contributed by atoms with E-state index in [2.05, 4.69) is 6.58 Å². The van der Waals surface area contributed by atoms with Gasteiger partial charge in [0.15, 0.2) is 0 Å². The number of rotatable bonds is 6. The third kappa shape index (κ3) is 5.51. The predicted octanol–water partition coefficient (Wildman–Crippen LogP) is 1.26. The predicted molar refractivity (Wildman–Crippen MR) is 42.7 cm³/mol. The number of Topliss-reactive ketones (excluding diaryl/α,β-unsaturated/α-hetero) is 1. The maximum Gasteiger partial charge on any atom is 0.134 e. The number of carbonyl (C=O) groups excluding carboxylic acids is 1. The van der Waals surface area contributed by atoms with Crippen molar-refractivity contribution in [2.75, 3.05) is 6.54 Å². The van der Waals surface area contributed by atoms with E-state index in [-0.39, 0.29) is 5.78 Å². The molecule has 0 heterocycles. The monoisotopic (exact) mass is 141 g/mol. The molecule has 0 saturated carbocycles. The van der Waals surface area contributed by atoms with Gasteiger partial charge in [-0.05, 0) is 19.4 Å². The first-order valence-electron chi connectivity index (χ1n) is 3.64. The Hall–Kier alpha value is -0.630. The maximum absolute atomic E-state index is 10.8. The van der Waals surface area contributed by atoms with Crippen molar-refractivity contribution in [3.63, 3.8) is 0 Å². The number of ketones is 1. The van der Waals surface area contributed by atoms with Gasteiger partial charge >= 0.3 is 0 Å². The lowest BCUT2D eigenvalue weighted by Gasteiger charge is -1.94. The molecule has 10 heavy (non-hydrogen) atoms. The van der Waals surface area contributed by atoms with Gasteiger partial charge in [0.25, 0.3) is 0 Å². The second-order valence-electron chi connectivity index (χ2n) is 2.26. The number of hydrogen-bond acceptors (Lipinski definition) is 2. The quantitative estimate of drug-likeness (QED) is 0.447. The van der Waals surface area contributed by atoms with Gasteiger partial charge in [-0.2, -0.15) is 0 Å². The Morgan fingerprint density at radius 2 is 2.20 bits per heavy atom. The first-order chi connectivity index (χ1) is 4.81. The summed E-state index contributed by atoms with van der Waals surface area (Å²) in [6.07, 6.45) is 4.86. The van der Waals surface area contributed by atoms with Crippen LogP contribution in [0.3, 0.4) is 0 Å². The Bertz CT molecular complexity index is 110. The average Bonchev–Trinajstić information content (AvgIpc) is 1.89. The fourth-order valence-electron chi connectivity index (χ4n) is 0.730. The molecule has 0 spiro atoms. The zero-order chi connectivity index (χ0) is 7.82. The molecule has 0 amide bonds. The normalized spacial score (nSPS) is 9.30. The molecular weight excluding hydrogens is 126 g/mol. The molecule has 2 nitrogen and oxygen atoms in total. The molecule has 0 atom stereocenters. The molecule has 0 aliphatic carbocycles. The Morgan fingerprint density at radius 1 is 1.50 bits per heavy atom. The largest absolute Gasteiger partial charge is 0.330 e. The van der Waals surface area contributed by atoms with E-state index in [0.717, 1.165) is 12.8 Å². The molecule has 2 N–H and O–H groups in total. The van der Waals surface area contributed by atoms with Crippen LogP contribution in [0.4, 0.5) is 0 Å². The van der Waals surface area contributed by atoms with Crippen LogP contribution in [0.1, 0.15) is 25.7 Å². The summed E-state index contributed by atoms with van der Waals surface area (Å²) in [6.45, 7) is 4.05. The smallest absolute Gasteiger partial charge is 0.134 e. The highest BCUT2D eigenvalue weighted by Gasteiger charge is 1.97.